The number of aryl methyl sites for hydroxylation is 3. The minimum absolute atomic E-state index is 0.156. The molecule has 2 atom stereocenters. The van der Waals surface area contributed by atoms with Crippen molar-refractivity contribution in [2.45, 2.75) is 46.2 Å². The highest BCUT2D eigenvalue weighted by atomic mass is 32.1. The van der Waals surface area contributed by atoms with Gasteiger partial charge in [-0.2, -0.15) is 0 Å². The molecule has 0 saturated carbocycles. The van der Waals surface area contributed by atoms with Crippen molar-refractivity contribution in [3.05, 3.63) is 113 Å². The molecule has 2 N–H and O–H groups in total. The number of hydrogen-bond donors (Lipinski definition) is 2. The van der Waals surface area contributed by atoms with E-state index in [1.165, 1.54) is 23.3 Å². The average Bonchev–Trinajstić information content (AvgIpc) is 3.40. The lowest BCUT2D eigenvalue weighted by molar-refractivity contribution is -0.116. The molecule has 3 heterocycles. The van der Waals surface area contributed by atoms with Gasteiger partial charge >= 0.3 is 0 Å². The van der Waals surface area contributed by atoms with Crippen LogP contribution in [0.1, 0.15) is 52.3 Å². The Morgan fingerprint density at radius 1 is 1.05 bits per heavy atom. The monoisotopic (exact) mass is 541 g/mol. The molecule has 39 heavy (non-hydrogen) atoms. The summed E-state index contributed by atoms with van der Waals surface area (Å²) in [6, 6.07) is 20.0. The number of nitrogens with zero attached hydrogens (tertiary/aromatic N) is 3. The largest absolute Gasteiger partial charge is 0.352 e. The molecule has 1 saturated heterocycles. The lowest BCUT2D eigenvalue weighted by Gasteiger charge is -2.28. The van der Waals surface area contributed by atoms with Gasteiger partial charge in [0, 0.05) is 41.9 Å². The maximum absolute atomic E-state index is 13.3. The van der Waals surface area contributed by atoms with Gasteiger partial charge in [0.05, 0.1) is 17.8 Å². The van der Waals surface area contributed by atoms with Gasteiger partial charge in [-0.25, -0.2) is 4.39 Å². The van der Waals surface area contributed by atoms with Gasteiger partial charge < -0.3 is 20.1 Å². The van der Waals surface area contributed by atoms with Crippen LogP contribution >= 0.6 is 12.2 Å². The number of anilines is 1. The van der Waals surface area contributed by atoms with E-state index in [0.717, 1.165) is 28.3 Å². The van der Waals surface area contributed by atoms with Crippen LogP contribution in [0.15, 0.2) is 72.9 Å². The smallest absolute Gasteiger partial charge is 0.226 e. The fourth-order valence-corrected chi connectivity index (χ4v) is 5.71. The second kappa shape index (κ2) is 11.0. The normalized spacial score (nSPS) is 16.8. The third-order valence-electron chi connectivity index (χ3n) is 7.30. The number of nitrogens with one attached hydrogen (secondary N) is 2. The molecule has 0 unspecified atom stereocenters. The highest BCUT2D eigenvalue weighted by molar-refractivity contribution is 7.80. The van der Waals surface area contributed by atoms with Gasteiger partial charge in [-0.3, -0.25) is 9.78 Å². The van der Waals surface area contributed by atoms with Crippen molar-refractivity contribution < 1.29 is 9.18 Å². The lowest BCUT2D eigenvalue weighted by atomic mass is 9.96. The van der Waals surface area contributed by atoms with Crippen molar-refractivity contribution in [3.8, 4) is 5.69 Å². The topological polar surface area (TPSA) is 62.2 Å². The van der Waals surface area contributed by atoms with Crippen LogP contribution in [0.25, 0.3) is 5.69 Å². The van der Waals surface area contributed by atoms with Gasteiger partial charge in [0.1, 0.15) is 5.82 Å². The number of pyridine rings is 1. The predicted octanol–water partition coefficient (Wildman–Crippen LogP) is 6.25. The van der Waals surface area contributed by atoms with E-state index >= 15 is 0 Å². The molecule has 1 fully saturated rings. The van der Waals surface area contributed by atoms with Gasteiger partial charge in [-0.1, -0.05) is 18.2 Å². The van der Waals surface area contributed by atoms with Crippen molar-refractivity contribution >= 4 is 28.9 Å². The molecule has 1 aliphatic heterocycles. The zero-order valence-corrected chi connectivity index (χ0v) is 23.3. The van der Waals surface area contributed by atoms with Crippen molar-refractivity contribution in [2.24, 2.45) is 0 Å². The number of halogens is 1. The van der Waals surface area contributed by atoms with Crippen molar-refractivity contribution in [2.75, 3.05) is 11.9 Å². The van der Waals surface area contributed by atoms with Crippen LogP contribution in [-0.2, 0) is 4.79 Å². The molecule has 4 aromatic rings. The van der Waals surface area contributed by atoms with E-state index in [2.05, 4.69) is 77.0 Å². The number of carbonyl (C=O) groups excluding carboxylic acids is 1. The Kier molecular flexibility index (Phi) is 7.48. The van der Waals surface area contributed by atoms with E-state index in [1.54, 1.807) is 18.3 Å². The molecular weight excluding hydrogens is 509 g/mol. The Balaban J connectivity index is 1.48. The SMILES string of the molecule is Cc1ccc(C)c(-n2c(C)cc([C@H]3[C@H](c4ccccn4)NC(=S)N3CCC(=O)Nc3ccc(F)cc3)c2C)c1. The zero-order valence-electron chi connectivity index (χ0n) is 22.5. The Bertz CT molecular complexity index is 1520. The van der Waals surface area contributed by atoms with Crippen LogP contribution in [0, 0.1) is 33.5 Å². The first-order valence-electron chi connectivity index (χ1n) is 13.0. The van der Waals surface area contributed by atoms with E-state index in [0.29, 0.717) is 17.3 Å². The Labute approximate surface area is 233 Å². The van der Waals surface area contributed by atoms with Crippen LogP contribution in [-0.4, -0.2) is 32.0 Å². The highest BCUT2D eigenvalue weighted by Crippen LogP contribution is 2.41. The minimum atomic E-state index is -0.344. The summed E-state index contributed by atoms with van der Waals surface area (Å²) in [5.41, 5.74) is 8.39. The maximum Gasteiger partial charge on any atom is 0.226 e. The number of thiocarbonyl (C=S) groups is 1. The summed E-state index contributed by atoms with van der Waals surface area (Å²) in [6.45, 7) is 8.91. The first kappa shape index (κ1) is 26.6. The highest BCUT2D eigenvalue weighted by Gasteiger charge is 2.41. The number of carbonyl (C=O) groups is 1. The van der Waals surface area contributed by atoms with Crippen LogP contribution in [0.3, 0.4) is 0 Å². The summed E-state index contributed by atoms with van der Waals surface area (Å²) in [4.78, 5) is 19.6. The summed E-state index contributed by atoms with van der Waals surface area (Å²) in [6.07, 6.45) is 2.01. The van der Waals surface area contributed by atoms with E-state index in [9.17, 15) is 9.18 Å². The van der Waals surface area contributed by atoms with Crippen LogP contribution in [0.5, 0.6) is 0 Å². The molecule has 1 aliphatic rings. The van der Waals surface area contributed by atoms with Crippen molar-refractivity contribution in [1.82, 2.24) is 19.8 Å². The average molecular weight is 542 g/mol. The quantitative estimate of drug-likeness (QED) is 0.271. The molecule has 0 radical (unpaired) electrons. The van der Waals surface area contributed by atoms with E-state index in [4.69, 9.17) is 12.2 Å². The van der Waals surface area contributed by atoms with E-state index < -0.39 is 0 Å². The molecule has 8 heteroatoms. The molecule has 200 valence electrons. The van der Waals surface area contributed by atoms with Gasteiger partial charge in [0.25, 0.3) is 0 Å². The van der Waals surface area contributed by atoms with Gasteiger partial charge in [-0.05, 0) is 105 Å². The first-order valence-corrected chi connectivity index (χ1v) is 13.4. The molecule has 2 aromatic heterocycles. The summed E-state index contributed by atoms with van der Waals surface area (Å²) >= 11 is 5.81. The van der Waals surface area contributed by atoms with Crippen molar-refractivity contribution in [3.63, 3.8) is 0 Å². The molecule has 0 aliphatic carbocycles. The lowest BCUT2D eigenvalue weighted by Crippen LogP contribution is -2.32. The second-order valence-electron chi connectivity index (χ2n) is 10.1. The summed E-state index contributed by atoms with van der Waals surface area (Å²) in [5.74, 6) is -0.506. The molecule has 2 aromatic carbocycles. The molecule has 0 spiro atoms. The zero-order chi connectivity index (χ0) is 27.7. The molecule has 6 nitrogen and oxygen atoms in total. The van der Waals surface area contributed by atoms with E-state index in [-0.39, 0.29) is 30.2 Å². The Morgan fingerprint density at radius 3 is 2.54 bits per heavy atom. The minimum Gasteiger partial charge on any atom is -0.352 e. The number of rotatable bonds is 7. The third kappa shape index (κ3) is 5.43. The van der Waals surface area contributed by atoms with Crippen molar-refractivity contribution in [1.29, 1.82) is 0 Å². The first-order chi connectivity index (χ1) is 18.7. The molecule has 5 rings (SSSR count). The third-order valence-corrected chi connectivity index (χ3v) is 7.65. The second-order valence-corrected chi connectivity index (χ2v) is 10.5. The van der Waals surface area contributed by atoms with E-state index in [1.807, 2.05) is 18.2 Å². The number of amides is 1. The number of hydrogen-bond acceptors (Lipinski definition) is 3. The summed E-state index contributed by atoms with van der Waals surface area (Å²) < 4.78 is 15.6. The van der Waals surface area contributed by atoms with Crippen LogP contribution < -0.4 is 10.6 Å². The van der Waals surface area contributed by atoms with Gasteiger partial charge in [0.15, 0.2) is 5.11 Å². The van der Waals surface area contributed by atoms with Gasteiger partial charge in [-0.15, -0.1) is 0 Å². The standard InChI is InChI=1S/C31H32FN5OS/c1-19-8-9-20(2)27(17-19)37-21(3)18-25(22(37)4)30-29(26-7-5-6-15-33-26)35-31(39)36(30)16-14-28(38)34-24-12-10-23(32)11-13-24/h5-13,15,17-18,29-30H,14,16H2,1-4H3,(H,34,38)(H,35,39)/t29-,30-/m0/s1. The summed E-state index contributed by atoms with van der Waals surface area (Å²) in [7, 11) is 0. The Morgan fingerprint density at radius 2 is 1.82 bits per heavy atom. The fraction of sp³-hybridized carbons (Fsp3) is 0.258. The molecule has 0 bridgehead atoms. The predicted molar refractivity (Wildman–Crippen MR) is 157 cm³/mol. The Hall–Kier alpha value is -4.04. The van der Waals surface area contributed by atoms with Gasteiger partial charge in [0.2, 0.25) is 5.91 Å². The van der Waals surface area contributed by atoms with Crippen LogP contribution in [0.2, 0.25) is 0 Å². The maximum atomic E-state index is 13.3. The number of benzene rings is 2. The summed E-state index contributed by atoms with van der Waals surface area (Å²) in [5, 5.41) is 6.91. The molecular formula is C31H32FN5OS. The molecule has 1 amide bonds. The fourth-order valence-electron chi connectivity index (χ4n) is 5.38. The number of aromatic nitrogens is 2. The van der Waals surface area contributed by atoms with Crippen LogP contribution in [0.4, 0.5) is 10.1 Å².